The molecule has 1 aromatic rings. The van der Waals surface area contributed by atoms with Crippen molar-refractivity contribution in [3.05, 3.63) is 35.4 Å². The first-order valence-electron chi connectivity index (χ1n) is 6.77. The quantitative estimate of drug-likeness (QED) is 0.840. The number of hydrogen-bond acceptors (Lipinski definition) is 1. The first-order chi connectivity index (χ1) is 8.58. The van der Waals surface area contributed by atoms with Crippen molar-refractivity contribution in [2.45, 2.75) is 45.1 Å². The van der Waals surface area contributed by atoms with Crippen LogP contribution < -0.4 is 5.32 Å². The predicted molar refractivity (Wildman–Crippen MR) is 69.3 cm³/mol. The van der Waals surface area contributed by atoms with E-state index in [-0.39, 0.29) is 5.92 Å². The molecule has 0 amide bonds. The largest absolute Gasteiger partial charge is 0.307 e. The summed E-state index contributed by atoms with van der Waals surface area (Å²) in [6, 6.07) is 4.50. The van der Waals surface area contributed by atoms with E-state index in [0.29, 0.717) is 5.56 Å². The average Bonchev–Trinajstić information content (AvgIpc) is 2.59. The second-order valence-corrected chi connectivity index (χ2v) is 5.46. The van der Waals surface area contributed by atoms with Crippen LogP contribution in [0.3, 0.4) is 0 Å². The topological polar surface area (TPSA) is 12.0 Å². The number of halogens is 2. The summed E-state index contributed by atoms with van der Waals surface area (Å²) in [5, 5.41) is 3.47. The van der Waals surface area contributed by atoms with Gasteiger partial charge in [-0.25, -0.2) is 8.78 Å². The van der Waals surface area contributed by atoms with Crippen LogP contribution in [0.1, 0.15) is 45.1 Å². The normalized spacial score (nSPS) is 25.2. The Morgan fingerprint density at radius 2 is 1.94 bits per heavy atom. The van der Waals surface area contributed by atoms with Gasteiger partial charge in [-0.05, 0) is 31.4 Å². The molecule has 1 aromatic carbocycles. The van der Waals surface area contributed by atoms with Crippen LogP contribution in [0.15, 0.2) is 18.2 Å². The van der Waals surface area contributed by atoms with Crippen LogP contribution in [-0.4, -0.2) is 6.54 Å². The average molecular weight is 253 g/mol. The summed E-state index contributed by atoms with van der Waals surface area (Å²) in [5.41, 5.74) is 0.0577. The Bertz CT molecular complexity index is 407. The molecule has 1 heterocycles. The monoisotopic (exact) mass is 253 g/mol. The molecule has 1 aliphatic heterocycles. The standard InChI is InChI=1S/C15H21F2N/c1-11(2)15(9-4-3-5-10-18-15)12-7-6-8-13(16)14(12)17/h6-8,11,18H,3-5,9-10H2,1-2H3. The van der Waals surface area contributed by atoms with Gasteiger partial charge in [-0.3, -0.25) is 0 Å². The third-order valence-corrected chi connectivity index (χ3v) is 4.11. The lowest BCUT2D eigenvalue weighted by Crippen LogP contribution is -2.47. The van der Waals surface area contributed by atoms with Gasteiger partial charge in [-0.2, -0.15) is 0 Å². The highest BCUT2D eigenvalue weighted by molar-refractivity contribution is 5.28. The van der Waals surface area contributed by atoms with Crippen molar-refractivity contribution in [2.75, 3.05) is 6.54 Å². The smallest absolute Gasteiger partial charge is 0.163 e. The van der Waals surface area contributed by atoms with Gasteiger partial charge in [0, 0.05) is 11.1 Å². The van der Waals surface area contributed by atoms with Crippen molar-refractivity contribution in [2.24, 2.45) is 5.92 Å². The highest BCUT2D eigenvalue weighted by Gasteiger charge is 2.38. The van der Waals surface area contributed by atoms with Crippen molar-refractivity contribution in [1.82, 2.24) is 5.32 Å². The summed E-state index contributed by atoms with van der Waals surface area (Å²) in [6.45, 7) is 5.01. The van der Waals surface area contributed by atoms with Gasteiger partial charge in [-0.15, -0.1) is 0 Å². The lowest BCUT2D eigenvalue weighted by atomic mass is 9.76. The van der Waals surface area contributed by atoms with Crippen molar-refractivity contribution >= 4 is 0 Å². The van der Waals surface area contributed by atoms with Crippen molar-refractivity contribution in [3.8, 4) is 0 Å². The van der Waals surface area contributed by atoms with Crippen LogP contribution >= 0.6 is 0 Å². The van der Waals surface area contributed by atoms with Gasteiger partial charge in [0.1, 0.15) is 0 Å². The van der Waals surface area contributed by atoms with Gasteiger partial charge in [-0.1, -0.05) is 38.8 Å². The molecular formula is C15H21F2N. The van der Waals surface area contributed by atoms with E-state index in [2.05, 4.69) is 19.2 Å². The van der Waals surface area contributed by atoms with E-state index in [1.54, 1.807) is 12.1 Å². The van der Waals surface area contributed by atoms with E-state index in [0.717, 1.165) is 32.2 Å². The van der Waals surface area contributed by atoms with Gasteiger partial charge in [0.05, 0.1) is 0 Å². The molecule has 0 aliphatic carbocycles. The molecule has 0 bridgehead atoms. The molecular weight excluding hydrogens is 232 g/mol. The Labute approximate surface area is 108 Å². The SMILES string of the molecule is CC(C)C1(c2cccc(F)c2F)CCCCCN1. The molecule has 100 valence electrons. The molecule has 1 saturated heterocycles. The minimum Gasteiger partial charge on any atom is -0.307 e. The number of nitrogens with one attached hydrogen (secondary N) is 1. The minimum absolute atomic E-state index is 0.229. The van der Waals surface area contributed by atoms with Gasteiger partial charge in [0.25, 0.3) is 0 Å². The molecule has 1 aliphatic rings. The molecule has 0 saturated carbocycles. The van der Waals surface area contributed by atoms with Crippen LogP contribution in [0.4, 0.5) is 8.78 Å². The van der Waals surface area contributed by atoms with Crippen LogP contribution in [0.5, 0.6) is 0 Å². The van der Waals surface area contributed by atoms with Gasteiger partial charge >= 0.3 is 0 Å². The summed E-state index contributed by atoms with van der Waals surface area (Å²) >= 11 is 0. The van der Waals surface area contributed by atoms with Crippen LogP contribution in [0.2, 0.25) is 0 Å². The van der Waals surface area contributed by atoms with Crippen LogP contribution in [0.25, 0.3) is 0 Å². The minimum atomic E-state index is -0.751. The molecule has 3 heteroatoms. The lowest BCUT2D eigenvalue weighted by molar-refractivity contribution is 0.220. The van der Waals surface area contributed by atoms with E-state index < -0.39 is 17.2 Å². The number of rotatable bonds is 2. The molecule has 1 unspecified atom stereocenters. The fourth-order valence-corrected chi connectivity index (χ4v) is 2.99. The Hall–Kier alpha value is -0.960. The van der Waals surface area contributed by atoms with Crippen LogP contribution in [-0.2, 0) is 5.54 Å². The molecule has 0 spiro atoms. The zero-order chi connectivity index (χ0) is 13.2. The van der Waals surface area contributed by atoms with Crippen molar-refractivity contribution in [3.63, 3.8) is 0 Å². The van der Waals surface area contributed by atoms with Gasteiger partial charge in [0.2, 0.25) is 0 Å². The summed E-state index contributed by atoms with van der Waals surface area (Å²) in [4.78, 5) is 0. The summed E-state index contributed by atoms with van der Waals surface area (Å²) < 4.78 is 27.6. The maximum absolute atomic E-state index is 14.1. The van der Waals surface area contributed by atoms with E-state index >= 15 is 0 Å². The third-order valence-electron chi connectivity index (χ3n) is 4.11. The summed E-state index contributed by atoms with van der Waals surface area (Å²) in [7, 11) is 0. The first-order valence-corrected chi connectivity index (χ1v) is 6.77. The predicted octanol–water partition coefficient (Wildman–Crippen LogP) is 3.98. The zero-order valence-electron chi connectivity index (χ0n) is 11.1. The molecule has 0 aromatic heterocycles. The molecule has 1 N–H and O–H groups in total. The first kappa shape index (κ1) is 13.5. The highest BCUT2D eigenvalue weighted by Crippen LogP contribution is 2.38. The Balaban J connectivity index is 2.49. The summed E-state index contributed by atoms with van der Waals surface area (Å²) in [6.07, 6.45) is 4.18. The van der Waals surface area contributed by atoms with Crippen LogP contribution in [0, 0.1) is 17.6 Å². The maximum Gasteiger partial charge on any atom is 0.163 e. The van der Waals surface area contributed by atoms with E-state index in [1.807, 2.05) is 0 Å². The molecule has 2 rings (SSSR count). The molecule has 1 atom stereocenters. The second-order valence-electron chi connectivity index (χ2n) is 5.46. The number of benzene rings is 1. The fraction of sp³-hybridized carbons (Fsp3) is 0.600. The highest BCUT2D eigenvalue weighted by atomic mass is 19.2. The Kier molecular flexibility index (Phi) is 4.00. The number of hydrogen-bond donors (Lipinski definition) is 1. The van der Waals surface area contributed by atoms with E-state index in [4.69, 9.17) is 0 Å². The van der Waals surface area contributed by atoms with Gasteiger partial charge in [0.15, 0.2) is 11.6 Å². The fourth-order valence-electron chi connectivity index (χ4n) is 2.99. The summed E-state index contributed by atoms with van der Waals surface area (Å²) in [5.74, 6) is -1.22. The molecule has 0 radical (unpaired) electrons. The maximum atomic E-state index is 14.1. The van der Waals surface area contributed by atoms with Gasteiger partial charge < -0.3 is 5.32 Å². The zero-order valence-corrected chi connectivity index (χ0v) is 11.1. The van der Waals surface area contributed by atoms with Crippen molar-refractivity contribution < 1.29 is 8.78 Å². The molecule has 1 fully saturated rings. The lowest BCUT2D eigenvalue weighted by Gasteiger charge is -2.38. The Morgan fingerprint density at radius 3 is 2.67 bits per heavy atom. The van der Waals surface area contributed by atoms with Crippen molar-refractivity contribution in [1.29, 1.82) is 0 Å². The van der Waals surface area contributed by atoms with E-state index in [1.165, 1.54) is 6.07 Å². The molecule has 18 heavy (non-hydrogen) atoms. The molecule has 1 nitrogen and oxygen atoms in total. The second kappa shape index (κ2) is 5.35. The third kappa shape index (κ3) is 2.28. The van der Waals surface area contributed by atoms with E-state index in [9.17, 15) is 8.78 Å². The Morgan fingerprint density at radius 1 is 1.17 bits per heavy atom.